The summed E-state index contributed by atoms with van der Waals surface area (Å²) in [6.45, 7) is 17.2. The molecule has 0 unspecified atom stereocenters. The predicted molar refractivity (Wildman–Crippen MR) is 140 cm³/mol. The number of ether oxygens (including phenoxy) is 1. The fourth-order valence-electron chi connectivity index (χ4n) is 6.82. The summed E-state index contributed by atoms with van der Waals surface area (Å²) in [7, 11) is 1.68. The molecule has 0 aromatic heterocycles. The van der Waals surface area contributed by atoms with Gasteiger partial charge >= 0.3 is 5.97 Å². The highest BCUT2D eigenvalue weighted by molar-refractivity contribution is 5.97. The molecule has 0 atom stereocenters. The number of rotatable bonds is 8. The normalized spacial score (nSPS) is 24.4. The van der Waals surface area contributed by atoms with Crippen LogP contribution in [0.15, 0.2) is 30.3 Å². The maximum absolute atomic E-state index is 13.3. The molecule has 0 amide bonds. The van der Waals surface area contributed by atoms with Crippen LogP contribution in [-0.4, -0.2) is 57.2 Å². The Bertz CT molecular complexity index is 889. The second kappa shape index (κ2) is 10.5. The van der Waals surface area contributed by atoms with Gasteiger partial charge in [0.1, 0.15) is 18.3 Å². The van der Waals surface area contributed by atoms with Crippen molar-refractivity contribution in [3.63, 3.8) is 0 Å². The summed E-state index contributed by atoms with van der Waals surface area (Å²) in [5, 5.41) is 4.02. The monoisotopic (exact) mass is 502 g/mol. The molecule has 36 heavy (non-hydrogen) atoms. The van der Waals surface area contributed by atoms with Gasteiger partial charge in [0.25, 0.3) is 0 Å². The van der Waals surface area contributed by atoms with E-state index < -0.39 is 5.97 Å². The zero-order valence-electron chi connectivity index (χ0n) is 23.7. The average Bonchev–Trinajstić information content (AvgIpc) is 2.71. The van der Waals surface area contributed by atoms with Crippen molar-refractivity contribution in [3.8, 4) is 0 Å². The molecular weight excluding hydrogens is 456 g/mol. The summed E-state index contributed by atoms with van der Waals surface area (Å²) in [6, 6.07) is 10.1. The summed E-state index contributed by atoms with van der Waals surface area (Å²) < 4.78 is 5.85. The van der Waals surface area contributed by atoms with E-state index in [9.17, 15) is 9.59 Å². The third-order valence-electron chi connectivity index (χ3n) is 7.60. The number of carbonyl (C=O) groups excluding carboxylic acids is 2. The Hall–Kier alpha value is -1.80. The van der Waals surface area contributed by atoms with Gasteiger partial charge in [0.2, 0.25) is 0 Å². The lowest BCUT2D eigenvalue weighted by Gasteiger charge is -2.53. The smallest absolute Gasteiger partial charge is 0.313 e. The Kier molecular flexibility index (Phi) is 8.41. The van der Waals surface area contributed by atoms with Crippen LogP contribution in [0.4, 0.5) is 0 Å². The second-order valence-corrected chi connectivity index (χ2v) is 13.0. The van der Waals surface area contributed by atoms with Crippen molar-refractivity contribution in [2.75, 3.05) is 7.11 Å². The lowest BCUT2D eigenvalue weighted by molar-refractivity contribution is -0.293. The molecule has 2 aliphatic heterocycles. The Balaban J connectivity index is 1.60. The molecule has 3 rings (SSSR count). The van der Waals surface area contributed by atoms with E-state index in [-0.39, 0.29) is 46.4 Å². The van der Waals surface area contributed by atoms with Crippen molar-refractivity contribution in [2.45, 2.75) is 122 Å². The zero-order valence-corrected chi connectivity index (χ0v) is 23.7. The van der Waals surface area contributed by atoms with Crippen molar-refractivity contribution in [1.29, 1.82) is 0 Å². The minimum atomic E-state index is -0.430. The molecule has 0 saturated carbocycles. The number of esters is 1. The highest BCUT2D eigenvalue weighted by Gasteiger charge is 2.50. The topological polar surface area (TPSA) is 68.3 Å². The standard InChI is InChI=1S/C29H46N2O5/c1-26(2)16-22(17-27(3,4)31(26)35-20-21-13-11-10-12-14-21)24(32)15-25(33)36-23-18-28(5,6)30(34-9)29(7,8)19-23/h10-14,22-23H,15-20H2,1-9H3. The molecule has 1 aromatic carbocycles. The van der Waals surface area contributed by atoms with Gasteiger partial charge in [0.15, 0.2) is 0 Å². The van der Waals surface area contributed by atoms with Crippen LogP contribution in [0, 0.1) is 5.92 Å². The van der Waals surface area contributed by atoms with Crippen LogP contribution < -0.4 is 0 Å². The van der Waals surface area contributed by atoms with Crippen molar-refractivity contribution in [2.24, 2.45) is 5.92 Å². The molecule has 0 N–H and O–H groups in total. The van der Waals surface area contributed by atoms with Gasteiger partial charge in [-0.3, -0.25) is 14.4 Å². The molecule has 1 aromatic rings. The van der Waals surface area contributed by atoms with E-state index in [0.717, 1.165) is 5.56 Å². The van der Waals surface area contributed by atoms with Crippen molar-refractivity contribution < 1.29 is 24.0 Å². The number of ketones is 1. The minimum absolute atomic E-state index is 0.0447. The number of hydrogen-bond donors (Lipinski definition) is 0. The number of hydroxylamine groups is 4. The van der Waals surface area contributed by atoms with E-state index in [1.165, 1.54) is 0 Å². The summed E-state index contributed by atoms with van der Waals surface area (Å²) in [5.74, 6) is -0.695. The van der Waals surface area contributed by atoms with Gasteiger partial charge in [-0.1, -0.05) is 30.3 Å². The number of piperidine rings is 2. The van der Waals surface area contributed by atoms with E-state index in [2.05, 4.69) is 55.4 Å². The van der Waals surface area contributed by atoms with Crippen LogP contribution in [0.3, 0.4) is 0 Å². The zero-order chi connectivity index (χ0) is 26.9. The molecule has 7 nitrogen and oxygen atoms in total. The average molecular weight is 503 g/mol. The third-order valence-corrected chi connectivity index (χ3v) is 7.60. The largest absolute Gasteiger partial charge is 0.462 e. The van der Waals surface area contributed by atoms with Gasteiger partial charge in [0, 0.05) is 40.9 Å². The predicted octanol–water partition coefficient (Wildman–Crippen LogP) is 5.47. The van der Waals surface area contributed by atoms with Crippen molar-refractivity contribution >= 4 is 11.8 Å². The third kappa shape index (κ3) is 6.55. The molecule has 202 valence electrons. The maximum atomic E-state index is 13.3. The molecule has 2 fully saturated rings. The summed E-state index contributed by atoms with van der Waals surface area (Å²) >= 11 is 0. The van der Waals surface area contributed by atoms with Crippen LogP contribution in [0.25, 0.3) is 0 Å². The van der Waals surface area contributed by atoms with Gasteiger partial charge in [-0.25, -0.2) is 0 Å². The van der Waals surface area contributed by atoms with Gasteiger partial charge in [-0.15, -0.1) is 0 Å². The van der Waals surface area contributed by atoms with E-state index in [4.69, 9.17) is 14.4 Å². The first-order chi connectivity index (χ1) is 16.6. The summed E-state index contributed by atoms with van der Waals surface area (Å²) in [4.78, 5) is 38.1. The van der Waals surface area contributed by atoms with E-state index in [1.54, 1.807) is 7.11 Å². The fourth-order valence-corrected chi connectivity index (χ4v) is 6.82. The molecule has 0 bridgehead atoms. The van der Waals surface area contributed by atoms with Crippen LogP contribution >= 0.6 is 0 Å². The number of carbonyl (C=O) groups is 2. The molecule has 2 aliphatic rings. The van der Waals surface area contributed by atoms with Crippen LogP contribution in [-0.2, 0) is 30.6 Å². The second-order valence-electron chi connectivity index (χ2n) is 13.0. The van der Waals surface area contributed by atoms with Crippen molar-refractivity contribution in [3.05, 3.63) is 35.9 Å². The number of hydrogen-bond acceptors (Lipinski definition) is 7. The molecule has 0 spiro atoms. The van der Waals surface area contributed by atoms with Crippen LogP contribution in [0.2, 0.25) is 0 Å². The summed E-state index contributed by atoms with van der Waals surface area (Å²) in [5.41, 5.74) is -0.186. The first-order valence-corrected chi connectivity index (χ1v) is 13.1. The lowest BCUT2D eigenvalue weighted by atomic mass is 9.73. The van der Waals surface area contributed by atoms with Crippen LogP contribution in [0.5, 0.6) is 0 Å². The molecule has 2 saturated heterocycles. The van der Waals surface area contributed by atoms with E-state index in [1.807, 2.05) is 40.5 Å². The molecule has 2 heterocycles. The highest BCUT2D eigenvalue weighted by atomic mass is 16.7. The van der Waals surface area contributed by atoms with E-state index in [0.29, 0.717) is 32.3 Å². The van der Waals surface area contributed by atoms with Gasteiger partial charge in [0.05, 0.1) is 13.7 Å². The first kappa shape index (κ1) is 28.8. The summed E-state index contributed by atoms with van der Waals surface area (Å²) in [6.07, 6.45) is 2.13. The van der Waals surface area contributed by atoms with Crippen LogP contribution in [0.1, 0.15) is 93.1 Å². The van der Waals surface area contributed by atoms with Gasteiger partial charge < -0.3 is 9.57 Å². The quantitative estimate of drug-likeness (QED) is 0.345. The SMILES string of the molecule is CON1C(C)(C)CC(OC(=O)CC(=O)C2CC(C)(C)N(OCc3ccccc3)C(C)(C)C2)CC1(C)C. The highest BCUT2D eigenvalue weighted by Crippen LogP contribution is 2.43. The molecule has 0 aliphatic carbocycles. The first-order valence-electron chi connectivity index (χ1n) is 13.1. The minimum Gasteiger partial charge on any atom is -0.462 e. The molecule has 7 heteroatoms. The lowest BCUT2D eigenvalue weighted by Crippen LogP contribution is -2.61. The Morgan fingerprint density at radius 3 is 1.81 bits per heavy atom. The number of Topliss-reactive ketones (excluding diaryl/α,β-unsaturated/α-hetero) is 1. The van der Waals surface area contributed by atoms with Gasteiger partial charge in [-0.2, -0.15) is 10.1 Å². The van der Waals surface area contributed by atoms with Crippen molar-refractivity contribution in [1.82, 2.24) is 10.1 Å². The Morgan fingerprint density at radius 2 is 1.31 bits per heavy atom. The molecular formula is C29H46N2O5. The maximum Gasteiger partial charge on any atom is 0.313 e. The molecule has 0 radical (unpaired) electrons. The number of nitrogens with zero attached hydrogens (tertiary/aromatic N) is 2. The Labute approximate surface area is 217 Å². The Morgan fingerprint density at radius 1 is 0.806 bits per heavy atom. The van der Waals surface area contributed by atoms with Gasteiger partial charge in [-0.05, 0) is 73.8 Å². The number of benzene rings is 1. The van der Waals surface area contributed by atoms with E-state index >= 15 is 0 Å². The fraction of sp³-hybridized carbons (Fsp3) is 0.724.